The average Bonchev–Trinajstić information content (AvgIpc) is 3.53. The number of fused-ring (bicyclic) bond motifs is 4. The van der Waals surface area contributed by atoms with Crippen molar-refractivity contribution in [3.63, 3.8) is 0 Å². The lowest BCUT2D eigenvalue weighted by Gasteiger charge is -2.28. The molecule has 7 rings (SSSR count). The minimum atomic E-state index is -0.490. The number of nitrogens with one attached hydrogen (secondary N) is 2. The summed E-state index contributed by atoms with van der Waals surface area (Å²) in [5.74, 6) is -0.138. The number of nitrogens with two attached hydrogens (primary N) is 1. The number of para-hydroxylation sites is 1. The number of aliphatic hydroxyl groups is 1. The lowest BCUT2D eigenvalue weighted by atomic mass is 9.92. The number of carbonyl (C=O) groups excluding carboxylic acids is 1. The predicted molar refractivity (Wildman–Crippen MR) is 156 cm³/mol. The Morgan fingerprint density at radius 3 is 2.60 bits per heavy atom. The molecule has 7 nitrogen and oxygen atoms in total. The van der Waals surface area contributed by atoms with Crippen LogP contribution in [0, 0.1) is 5.82 Å². The number of benzene rings is 4. The molecule has 0 atom stereocenters. The molecule has 200 valence electrons. The van der Waals surface area contributed by atoms with E-state index in [9.17, 15) is 14.3 Å². The summed E-state index contributed by atoms with van der Waals surface area (Å²) in [5, 5.41) is 15.5. The van der Waals surface area contributed by atoms with E-state index in [1.165, 1.54) is 12.1 Å². The highest BCUT2D eigenvalue weighted by atomic mass is 19.1. The molecule has 0 unspecified atom stereocenters. The van der Waals surface area contributed by atoms with Gasteiger partial charge in [0.15, 0.2) is 0 Å². The third kappa shape index (κ3) is 4.08. The Kier molecular flexibility index (Phi) is 5.78. The first-order valence-corrected chi connectivity index (χ1v) is 13.5. The number of hydrogen-bond donors (Lipinski definition) is 4. The maximum absolute atomic E-state index is 13.9. The molecule has 0 bridgehead atoms. The highest BCUT2D eigenvalue weighted by Gasteiger charge is 2.22. The van der Waals surface area contributed by atoms with Gasteiger partial charge >= 0.3 is 0 Å². The van der Waals surface area contributed by atoms with Crippen LogP contribution in [-0.2, 0) is 0 Å². The molecule has 2 heterocycles. The Morgan fingerprint density at radius 2 is 1.77 bits per heavy atom. The van der Waals surface area contributed by atoms with Gasteiger partial charge < -0.3 is 25.7 Å². The Morgan fingerprint density at radius 1 is 0.975 bits per heavy atom. The fourth-order valence-electron chi connectivity index (χ4n) is 6.05. The molecule has 0 saturated heterocycles. The molecule has 1 aliphatic rings. The summed E-state index contributed by atoms with van der Waals surface area (Å²) >= 11 is 0. The van der Waals surface area contributed by atoms with Crippen molar-refractivity contribution in [2.75, 3.05) is 5.32 Å². The predicted octanol–water partition coefficient (Wildman–Crippen LogP) is 6.28. The van der Waals surface area contributed by atoms with Gasteiger partial charge in [-0.1, -0.05) is 30.3 Å². The molecular formula is C32H28FN5O2. The lowest BCUT2D eigenvalue weighted by molar-refractivity contribution is 0.100. The molecule has 1 saturated carbocycles. The standard InChI is InChI=1S/C32H28FN5O2/c33-18-8-15-25-27(16-18)37-32(36-25)24-5-3-7-29-30(24)23-4-1-2-6-28(23)38(29)20-11-14-22(31(34)40)26(17-20)35-19-9-12-21(39)13-10-19/h1-8,11,14-17,19,21,35,39H,9-10,12-13H2,(H2,34,40)(H,36,37). The third-order valence-electron chi connectivity index (χ3n) is 7.98. The van der Waals surface area contributed by atoms with E-state index < -0.39 is 5.91 Å². The van der Waals surface area contributed by atoms with Crippen LogP contribution in [0.2, 0.25) is 0 Å². The smallest absolute Gasteiger partial charge is 0.250 e. The van der Waals surface area contributed by atoms with Crippen LogP contribution in [0.4, 0.5) is 10.1 Å². The summed E-state index contributed by atoms with van der Waals surface area (Å²) in [6.45, 7) is 0. The van der Waals surface area contributed by atoms with Crippen LogP contribution >= 0.6 is 0 Å². The van der Waals surface area contributed by atoms with Crippen molar-refractivity contribution < 1.29 is 14.3 Å². The fraction of sp³-hybridized carbons (Fsp3) is 0.188. The van der Waals surface area contributed by atoms with Gasteiger partial charge in [0.1, 0.15) is 11.6 Å². The van der Waals surface area contributed by atoms with Gasteiger partial charge in [0.25, 0.3) is 5.91 Å². The van der Waals surface area contributed by atoms with Crippen molar-refractivity contribution in [2.24, 2.45) is 5.73 Å². The molecule has 5 N–H and O–H groups in total. The summed E-state index contributed by atoms with van der Waals surface area (Å²) in [6.07, 6.45) is 2.84. The van der Waals surface area contributed by atoms with Crippen molar-refractivity contribution in [1.29, 1.82) is 0 Å². The first-order valence-electron chi connectivity index (χ1n) is 13.5. The van der Waals surface area contributed by atoms with Gasteiger partial charge in [-0.15, -0.1) is 0 Å². The summed E-state index contributed by atoms with van der Waals surface area (Å²) in [7, 11) is 0. The van der Waals surface area contributed by atoms with Crippen molar-refractivity contribution in [3.05, 3.63) is 90.2 Å². The van der Waals surface area contributed by atoms with Gasteiger partial charge in [-0.2, -0.15) is 0 Å². The van der Waals surface area contributed by atoms with Crippen molar-refractivity contribution in [3.8, 4) is 17.1 Å². The molecule has 1 fully saturated rings. The average molecular weight is 534 g/mol. The third-order valence-corrected chi connectivity index (χ3v) is 7.98. The maximum atomic E-state index is 13.9. The van der Waals surface area contributed by atoms with E-state index in [-0.39, 0.29) is 18.0 Å². The molecule has 6 aromatic rings. The zero-order valence-electron chi connectivity index (χ0n) is 21.7. The van der Waals surface area contributed by atoms with Crippen LogP contribution in [0.1, 0.15) is 36.0 Å². The van der Waals surface area contributed by atoms with Gasteiger partial charge in [0, 0.05) is 33.8 Å². The summed E-state index contributed by atoms with van der Waals surface area (Å²) in [4.78, 5) is 20.4. The van der Waals surface area contributed by atoms with Gasteiger partial charge in [-0.25, -0.2) is 9.37 Å². The van der Waals surface area contributed by atoms with E-state index in [2.05, 4.69) is 33.1 Å². The molecule has 1 aliphatic carbocycles. The van der Waals surface area contributed by atoms with Crippen molar-refractivity contribution in [2.45, 2.75) is 37.8 Å². The van der Waals surface area contributed by atoms with Gasteiger partial charge in [-0.05, 0) is 74.2 Å². The fourth-order valence-corrected chi connectivity index (χ4v) is 6.05. The van der Waals surface area contributed by atoms with E-state index in [4.69, 9.17) is 10.7 Å². The van der Waals surface area contributed by atoms with Crippen LogP contribution in [0.5, 0.6) is 0 Å². The van der Waals surface area contributed by atoms with E-state index in [1.54, 1.807) is 12.1 Å². The number of rotatable bonds is 5. The number of carbonyl (C=O) groups is 1. The molecule has 2 aromatic heterocycles. The zero-order chi connectivity index (χ0) is 27.4. The summed E-state index contributed by atoms with van der Waals surface area (Å²) in [6, 6.07) is 24.6. The highest BCUT2D eigenvalue weighted by Crippen LogP contribution is 2.39. The zero-order valence-corrected chi connectivity index (χ0v) is 21.7. The van der Waals surface area contributed by atoms with Gasteiger partial charge in [0.2, 0.25) is 0 Å². The van der Waals surface area contributed by atoms with Crippen LogP contribution in [0.15, 0.2) is 78.9 Å². The summed E-state index contributed by atoms with van der Waals surface area (Å²) < 4.78 is 16.1. The Balaban J connectivity index is 1.41. The number of aromatic nitrogens is 3. The van der Waals surface area contributed by atoms with E-state index in [1.807, 2.05) is 36.4 Å². The number of primary amides is 1. The van der Waals surface area contributed by atoms with Crippen LogP contribution in [-0.4, -0.2) is 37.7 Å². The van der Waals surface area contributed by atoms with Crippen LogP contribution in [0.25, 0.3) is 49.9 Å². The number of nitrogens with zero attached hydrogens (tertiary/aromatic N) is 2. The second-order valence-electron chi connectivity index (χ2n) is 10.5. The minimum absolute atomic E-state index is 0.152. The Hall–Kier alpha value is -4.69. The minimum Gasteiger partial charge on any atom is -0.393 e. The molecule has 1 amide bonds. The first kappa shape index (κ1) is 24.4. The van der Waals surface area contributed by atoms with Crippen LogP contribution < -0.4 is 11.1 Å². The first-order chi connectivity index (χ1) is 19.5. The van der Waals surface area contributed by atoms with E-state index >= 15 is 0 Å². The SMILES string of the molecule is NC(=O)c1ccc(-n2c3ccccc3c3c(-c4nc5ccc(F)cc5[nH]4)cccc32)cc1NC1CCC(O)CC1. The van der Waals surface area contributed by atoms with Gasteiger partial charge in [0.05, 0.1) is 33.7 Å². The monoisotopic (exact) mass is 533 g/mol. The van der Waals surface area contributed by atoms with E-state index in [0.717, 1.165) is 58.7 Å². The largest absolute Gasteiger partial charge is 0.393 e. The number of aliphatic hydroxyl groups excluding tert-OH is 1. The van der Waals surface area contributed by atoms with Crippen molar-refractivity contribution in [1.82, 2.24) is 14.5 Å². The Bertz CT molecular complexity index is 1920. The number of H-pyrrole nitrogens is 1. The normalized spacial score (nSPS) is 17.6. The second kappa shape index (κ2) is 9.50. The number of amides is 1. The number of imidazole rings is 1. The molecule has 0 spiro atoms. The molecule has 8 heteroatoms. The maximum Gasteiger partial charge on any atom is 0.250 e. The number of anilines is 1. The van der Waals surface area contributed by atoms with Gasteiger partial charge in [-0.3, -0.25) is 4.79 Å². The van der Waals surface area contributed by atoms with E-state index in [0.29, 0.717) is 28.1 Å². The topological polar surface area (TPSA) is 109 Å². The molecule has 0 radical (unpaired) electrons. The number of hydrogen-bond acceptors (Lipinski definition) is 4. The Labute approximate surface area is 229 Å². The molecule has 0 aliphatic heterocycles. The number of halogens is 1. The lowest BCUT2D eigenvalue weighted by Crippen LogP contribution is -2.29. The highest BCUT2D eigenvalue weighted by molar-refractivity contribution is 6.15. The quantitative estimate of drug-likeness (QED) is 0.209. The number of aromatic amines is 1. The van der Waals surface area contributed by atoms with Crippen LogP contribution in [0.3, 0.4) is 0 Å². The van der Waals surface area contributed by atoms with Crippen molar-refractivity contribution >= 4 is 44.4 Å². The molecule has 4 aromatic carbocycles. The second-order valence-corrected chi connectivity index (χ2v) is 10.5. The molecule has 40 heavy (non-hydrogen) atoms. The summed E-state index contributed by atoms with van der Waals surface area (Å²) in [5.41, 5.74) is 12.0. The molecular weight excluding hydrogens is 505 g/mol.